The first-order valence-electron chi connectivity index (χ1n) is 12.4. The van der Waals surface area contributed by atoms with Crippen molar-refractivity contribution < 1.29 is 28.1 Å². The third kappa shape index (κ3) is 7.08. The molecule has 1 unspecified atom stereocenters. The molecule has 0 amide bonds. The number of aromatic hydroxyl groups is 1. The van der Waals surface area contributed by atoms with Crippen molar-refractivity contribution in [3.8, 4) is 17.2 Å². The highest BCUT2D eigenvalue weighted by Crippen LogP contribution is 2.30. The number of aliphatic hydroxyl groups excluding tert-OH is 1. The van der Waals surface area contributed by atoms with Gasteiger partial charge in [-0.25, -0.2) is 8.42 Å². The van der Waals surface area contributed by atoms with E-state index in [1.54, 1.807) is 38.5 Å². The maximum absolute atomic E-state index is 12.7. The van der Waals surface area contributed by atoms with E-state index in [-0.39, 0.29) is 28.8 Å². The number of ether oxygens (including phenoxy) is 2. The van der Waals surface area contributed by atoms with Gasteiger partial charge in [0, 0.05) is 19.0 Å². The fourth-order valence-electron chi connectivity index (χ4n) is 4.23. The molecule has 0 aliphatic carbocycles. The van der Waals surface area contributed by atoms with E-state index < -0.39 is 16.1 Å². The zero-order valence-corrected chi connectivity index (χ0v) is 22.6. The molecule has 0 fully saturated rings. The van der Waals surface area contributed by atoms with E-state index in [4.69, 9.17) is 9.47 Å². The second-order valence-electron chi connectivity index (χ2n) is 8.97. The van der Waals surface area contributed by atoms with Gasteiger partial charge >= 0.3 is 0 Å². The van der Waals surface area contributed by atoms with Gasteiger partial charge in [-0.3, -0.25) is 4.72 Å². The number of sulfonamides is 1. The fourth-order valence-corrected chi connectivity index (χ4v) is 5.32. The quantitative estimate of drug-likeness (QED) is 0.190. The van der Waals surface area contributed by atoms with Gasteiger partial charge in [-0.15, -0.1) is 0 Å². The molecule has 39 heavy (non-hydrogen) atoms. The highest BCUT2D eigenvalue weighted by molar-refractivity contribution is 7.92. The van der Waals surface area contributed by atoms with Crippen molar-refractivity contribution >= 4 is 15.7 Å². The van der Waals surface area contributed by atoms with Crippen molar-refractivity contribution in [2.24, 2.45) is 0 Å². The summed E-state index contributed by atoms with van der Waals surface area (Å²) in [6, 6.07) is 27.9. The number of phenolic OH excluding ortho intramolecular Hbond substituents is 1. The standard InChI is InChI=1S/C30H32N2O6S/c1-37-24-13-8-21(9-14-24)27(22-10-15-25(38-2)16-11-22)19-31-20-30(34)23-12-17-29(33)28(18-23)32-39(35,36)26-6-4-3-5-7-26/h3-18,27,30-34H,19-20H2,1-2H3. The first-order valence-corrected chi connectivity index (χ1v) is 13.9. The van der Waals surface area contributed by atoms with Gasteiger partial charge in [0.15, 0.2) is 0 Å². The minimum absolute atomic E-state index is 0.00950. The third-order valence-corrected chi connectivity index (χ3v) is 7.81. The molecule has 0 aliphatic rings. The van der Waals surface area contributed by atoms with Crippen LogP contribution in [0.3, 0.4) is 0 Å². The van der Waals surface area contributed by atoms with Crippen molar-refractivity contribution in [2.75, 3.05) is 32.0 Å². The molecule has 0 aromatic heterocycles. The normalized spacial score (nSPS) is 12.2. The summed E-state index contributed by atoms with van der Waals surface area (Å²) in [6.45, 7) is 0.736. The lowest BCUT2D eigenvalue weighted by Gasteiger charge is -2.21. The lowest BCUT2D eigenvalue weighted by molar-refractivity contribution is 0.174. The van der Waals surface area contributed by atoms with Crippen molar-refractivity contribution in [1.29, 1.82) is 0 Å². The van der Waals surface area contributed by atoms with Crippen molar-refractivity contribution in [1.82, 2.24) is 5.32 Å². The third-order valence-electron chi connectivity index (χ3n) is 6.43. The number of hydrogen-bond acceptors (Lipinski definition) is 7. The molecular formula is C30H32N2O6S. The van der Waals surface area contributed by atoms with Gasteiger partial charge in [0.25, 0.3) is 10.0 Å². The summed E-state index contributed by atoms with van der Waals surface area (Å²) < 4.78 is 38.4. The Bertz CT molecular complexity index is 1410. The van der Waals surface area contributed by atoms with E-state index in [1.807, 2.05) is 48.5 Å². The van der Waals surface area contributed by atoms with E-state index in [9.17, 15) is 18.6 Å². The van der Waals surface area contributed by atoms with Crippen molar-refractivity contribution in [2.45, 2.75) is 16.9 Å². The van der Waals surface area contributed by atoms with E-state index in [0.29, 0.717) is 12.1 Å². The Morgan fingerprint density at radius 1 is 0.744 bits per heavy atom. The van der Waals surface area contributed by atoms with Crippen LogP contribution in [-0.4, -0.2) is 45.9 Å². The second kappa shape index (κ2) is 12.7. The van der Waals surface area contributed by atoms with Crippen molar-refractivity contribution in [3.63, 3.8) is 0 Å². The van der Waals surface area contributed by atoms with Crippen LogP contribution in [0.5, 0.6) is 17.2 Å². The van der Waals surface area contributed by atoms with Gasteiger partial charge in [-0.1, -0.05) is 48.5 Å². The van der Waals surface area contributed by atoms with Crippen LogP contribution in [0.2, 0.25) is 0 Å². The lowest BCUT2D eigenvalue weighted by atomic mass is 9.91. The molecule has 204 valence electrons. The molecule has 0 radical (unpaired) electrons. The van der Waals surface area contributed by atoms with Gasteiger partial charge in [0.05, 0.1) is 30.9 Å². The first-order chi connectivity index (χ1) is 18.8. The molecule has 0 saturated heterocycles. The first kappa shape index (κ1) is 28.0. The maximum atomic E-state index is 12.7. The minimum atomic E-state index is -3.90. The van der Waals surface area contributed by atoms with Crippen LogP contribution in [0.25, 0.3) is 0 Å². The monoisotopic (exact) mass is 548 g/mol. The van der Waals surface area contributed by atoms with E-state index in [1.165, 1.54) is 24.3 Å². The van der Waals surface area contributed by atoms with E-state index >= 15 is 0 Å². The Hall–Kier alpha value is -4.05. The predicted octanol–water partition coefficient (Wildman–Crippen LogP) is 4.67. The molecular weight excluding hydrogens is 516 g/mol. The Kier molecular flexibility index (Phi) is 9.08. The average molecular weight is 549 g/mol. The molecule has 8 nitrogen and oxygen atoms in total. The topological polar surface area (TPSA) is 117 Å². The Morgan fingerprint density at radius 3 is 1.82 bits per heavy atom. The predicted molar refractivity (Wildman–Crippen MR) is 151 cm³/mol. The summed E-state index contributed by atoms with van der Waals surface area (Å²) in [5.41, 5.74) is 2.59. The summed E-state index contributed by atoms with van der Waals surface area (Å²) in [4.78, 5) is 0.0696. The van der Waals surface area contributed by atoms with Gasteiger partial charge in [0.1, 0.15) is 17.2 Å². The molecule has 4 N–H and O–H groups in total. The second-order valence-corrected chi connectivity index (χ2v) is 10.7. The SMILES string of the molecule is COc1ccc(C(CNCC(O)c2ccc(O)c(NS(=O)(=O)c3ccccc3)c2)c2ccc(OC)cc2)cc1. The number of benzene rings is 4. The highest BCUT2D eigenvalue weighted by Gasteiger charge is 2.19. The zero-order valence-electron chi connectivity index (χ0n) is 21.7. The average Bonchev–Trinajstić information content (AvgIpc) is 2.97. The summed E-state index contributed by atoms with van der Waals surface area (Å²) in [5.74, 6) is 1.28. The summed E-state index contributed by atoms with van der Waals surface area (Å²) >= 11 is 0. The fraction of sp³-hybridized carbons (Fsp3) is 0.200. The van der Waals surface area contributed by atoms with Crippen LogP contribution in [0.15, 0.2) is 102 Å². The van der Waals surface area contributed by atoms with E-state index in [2.05, 4.69) is 10.0 Å². The van der Waals surface area contributed by atoms with Crippen LogP contribution >= 0.6 is 0 Å². The summed E-state index contributed by atoms with van der Waals surface area (Å²) in [6.07, 6.45) is -0.946. The molecule has 0 spiro atoms. The zero-order chi connectivity index (χ0) is 27.8. The van der Waals surface area contributed by atoms with Crippen LogP contribution in [-0.2, 0) is 10.0 Å². The number of nitrogens with one attached hydrogen (secondary N) is 2. The van der Waals surface area contributed by atoms with Crippen LogP contribution in [0, 0.1) is 0 Å². The minimum Gasteiger partial charge on any atom is -0.506 e. The number of rotatable bonds is 12. The molecule has 0 heterocycles. The van der Waals surface area contributed by atoms with Gasteiger partial charge in [-0.2, -0.15) is 0 Å². The molecule has 1 atom stereocenters. The Labute approximate surface area is 228 Å². The van der Waals surface area contributed by atoms with Gasteiger partial charge in [-0.05, 0) is 65.2 Å². The number of aliphatic hydroxyl groups is 1. The molecule has 4 aromatic rings. The van der Waals surface area contributed by atoms with E-state index in [0.717, 1.165) is 22.6 Å². The lowest BCUT2D eigenvalue weighted by Crippen LogP contribution is -2.27. The molecule has 4 rings (SSSR count). The van der Waals surface area contributed by atoms with Gasteiger partial charge in [0.2, 0.25) is 0 Å². The van der Waals surface area contributed by atoms with Crippen LogP contribution in [0.1, 0.15) is 28.7 Å². The molecule has 4 aromatic carbocycles. The smallest absolute Gasteiger partial charge is 0.262 e. The Balaban J connectivity index is 1.47. The Morgan fingerprint density at radius 2 is 1.28 bits per heavy atom. The number of anilines is 1. The molecule has 0 bridgehead atoms. The molecule has 9 heteroatoms. The summed E-state index contributed by atoms with van der Waals surface area (Å²) in [5, 5.41) is 24.5. The van der Waals surface area contributed by atoms with Crippen LogP contribution in [0.4, 0.5) is 5.69 Å². The number of hydrogen-bond donors (Lipinski definition) is 4. The number of phenols is 1. The molecule has 0 saturated carbocycles. The number of methoxy groups -OCH3 is 2. The van der Waals surface area contributed by atoms with Gasteiger partial charge < -0.3 is 25.0 Å². The van der Waals surface area contributed by atoms with Crippen LogP contribution < -0.4 is 19.5 Å². The van der Waals surface area contributed by atoms with Crippen molar-refractivity contribution in [3.05, 3.63) is 114 Å². The largest absolute Gasteiger partial charge is 0.506 e. The molecule has 0 aliphatic heterocycles. The summed E-state index contributed by atoms with van der Waals surface area (Å²) in [7, 11) is -0.653. The maximum Gasteiger partial charge on any atom is 0.262 e. The highest BCUT2D eigenvalue weighted by atomic mass is 32.2.